The number of benzene rings is 2. The third-order valence-corrected chi connectivity index (χ3v) is 4.65. The fourth-order valence-corrected chi connectivity index (χ4v) is 3.13. The largest absolute Gasteiger partial charge is 0.387 e. The zero-order valence-electron chi connectivity index (χ0n) is 13.2. The van der Waals surface area contributed by atoms with Gasteiger partial charge in [0.25, 0.3) is 0 Å². The molecule has 1 atom stereocenters. The Kier molecular flexibility index (Phi) is 5.68. The molecule has 2 aromatic carbocycles. The summed E-state index contributed by atoms with van der Waals surface area (Å²) in [5.41, 5.74) is 2.29. The quantitative estimate of drug-likeness (QED) is 0.912. The predicted octanol–water partition coefficient (Wildman–Crippen LogP) is 3.19. The normalized spacial score (nSPS) is 18.0. The van der Waals surface area contributed by atoms with Gasteiger partial charge in [-0.05, 0) is 23.3 Å². The van der Waals surface area contributed by atoms with Gasteiger partial charge in [0.05, 0.1) is 6.10 Å². The fraction of sp³-hybridized carbons (Fsp3) is 0.368. The predicted molar refractivity (Wildman–Crippen MR) is 94.6 cm³/mol. The van der Waals surface area contributed by atoms with E-state index in [1.54, 1.807) is 0 Å². The summed E-state index contributed by atoms with van der Waals surface area (Å²) in [4.78, 5) is 4.81. The van der Waals surface area contributed by atoms with Gasteiger partial charge in [-0.3, -0.25) is 9.80 Å². The van der Waals surface area contributed by atoms with Crippen molar-refractivity contribution in [3.63, 3.8) is 0 Å². The topological polar surface area (TPSA) is 26.7 Å². The Morgan fingerprint density at radius 3 is 2.13 bits per heavy atom. The van der Waals surface area contributed by atoms with Crippen molar-refractivity contribution in [3.8, 4) is 0 Å². The average Bonchev–Trinajstić information content (AvgIpc) is 2.58. The minimum absolute atomic E-state index is 0.451. The van der Waals surface area contributed by atoms with E-state index in [1.165, 1.54) is 5.56 Å². The molecule has 0 amide bonds. The molecule has 0 aliphatic carbocycles. The first-order chi connectivity index (χ1) is 11.2. The number of hydrogen-bond donors (Lipinski definition) is 1. The van der Waals surface area contributed by atoms with Crippen LogP contribution in [0, 0.1) is 0 Å². The van der Waals surface area contributed by atoms with E-state index >= 15 is 0 Å². The highest BCUT2D eigenvalue weighted by Crippen LogP contribution is 2.18. The van der Waals surface area contributed by atoms with E-state index in [-0.39, 0.29) is 0 Å². The molecular formula is C19H23ClN2O. The van der Waals surface area contributed by atoms with E-state index in [1.807, 2.05) is 24.3 Å². The number of hydrogen-bond acceptors (Lipinski definition) is 3. The Morgan fingerprint density at radius 2 is 1.48 bits per heavy atom. The zero-order valence-corrected chi connectivity index (χ0v) is 14.0. The van der Waals surface area contributed by atoms with E-state index in [4.69, 9.17) is 11.6 Å². The number of aliphatic hydroxyl groups is 1. The molecule has 3 rings (SSSR count). The molecule has 0 radical (unpaired) electrons. The van der Waals surface area contributed by atoms with Gasteiger partial charge < -0.3 is 5.11 Å². The summed E-state index contributed by atoms with van der Waals surface area (Å²) in [6, 6.07) is 18.1. The van der Waals surface area contributed by atoms with Crippen LogP contribution in [0.15, 0.2) is 54.6 Å². The number of halogens is 1. The third-order valence-electron chi connectivity index (χ3n) is 4.40. The molecule has 0 unspecified atom stereocenters. The minimum Gasteiger partial charge on any atom is -0.387 e. The van der Waals surface area contributed by atoms with Crippen molar-refractivity contribution in [1.82, 2.24) is 9.80 Å². The van der Waals surface area contributed by atoms with Crippen LogP contribution in [-0.4, -0.2) is 47.6 Å². The Bertz CT molecular complexity index is 595. The molecule has 0 bridgehead atoms. The van der Waals surface area contributed by atoms with Crippen molar-refractivity contribution in [2.75, 3.05) is 32.7 Å². The molecule has 0 spiro atoms. The van der Waals surface area contributed by atoms with Crippen LogP contribution in [-0.2, 0) is 6.54 Å². The third kappa shape index (κ3) is 4.79. The van der Waals surface area contributed by atoms with Crippen molar-refractivity contribution in [2.45, 2.75) is 12.6 Å². The van der Waals surface area contributed by atoms with Crippen LogP contribution < -0.4 is 0 Å². The van der Waals surface area contributed by atoms with Gasteiger partial charge in [-0.2, -0.15) is 0 Å². The Labute approximate surface area is 143 Å². The molecule has 1 aliphatic heterocycles. The summed E-state index contributed by atoms with van der Waals surface area (Å²) in [5, 5.41) is 11.1. The maximum atomic E-state index is 10.4. The highest BCUT2D eigenvalue weighted by molar-refractivity contribution is 6.30. The molecule has 1 N–H and O–H groups in total. The SMILES string of the molecule is O[C@@H](CN1CCN(Cc2ccccc2)CC1)c1ccc(Cl)cc1. The van der Waals surface area contributed by atoms with E-state index in [0.29, 0.717) is 11.6 Å². The van der Waals surface area contributed by atoms with E-state index in [0.717, 1.165) is 38.3 Å². The molecule has 1 saturated heterocycles. The maximum absolute atomic E-state index is 10.4. The molecule has 1 heterocycles. The summed E-state index contributed by atoms with van der Waals surface area (Å²) in [7, 11) is 0. The standard InChI is InChI=1S/C19H23ClN2O/c20-18-8-6-17(7-9-18)19(23)15-22-12-10-21(11-13-22)14-16-4-2-1-3-5-16/h1-9,19,23H,10-15H2/t19-/m0/s1. The molecule has 0 aromatic heterocycles. The van der Waals surface area contributed by atoms with Gasteiger partial charge in [-0.1, -0.05) is 54.1 Å². The van der Waals surface area contributed by atoms with Crippen molar-refractivity contribution in [1.29, 1.82) is 0 Å². The zero-order chi connectivity index (χ0) is 16.1. The van der Waals surface area contributed by atoms with E-state index in [9.17, 15) is 5.11 Å². The molecule has 23 heavy (non-hydrogen) atoms. The minimum atomic E-state index is -0.451. The summed E-state index contributed by atoms with van der Waals surface area (Å²) in [5.74, 6) is 0. The Morgan fingerprint density at radius 1 is 0.870 bits per heavy atom. The number of aliphatic hydroxyl groups excluding tert-OH is 1. The molecule has 2 aromatic rings. The van der Waals surface area contributed by atoms with Crippen molar-refractivity contribution in [2.24, 2.45) is 0 Å². The summed E-state index contributed by atoms with van der Waals surface area (Å²) in [6.45, 7) is 5.77. The highest BCUT2D eigenvalue weighted by atomic mass is 35.5. The van der Waals surface area contributed by atoms with Crippen LogP contribution in [0.5, 0.6) is 0 Å². The second-order valence-electron chi connectivity index (χ2n) is 6.13. The van der Waals surface area contributed by atoms with E-state index in [2.05, 4.69) is 40.1 Å². The lowest BCUT2D eigenvalue weighted by Gasteiger charge is -2.35. The van der Waals surface area contributed by atoms with Gasteiger partial charge in [-0.25, -0.2) is 0 Å². The first-order valence-electron chi connectivity index (χ1n) is 8.13. The van der Waals surface area contributed by atoms with Crippen LogP contribution in [0.4, 0.5) is 0 Å². The van der Waals surface area contributed by atoms with Crippen molar-refractivity contribution >= 4 is 11.6 Å². The Hall–Kier alpha value is -1.39. The van der Waals surface area contributed by atoms with Gasteiger partial charge in [0.1, 0.15) is 0 Å². The average molecular weight is 331 g/mol. The number of nitrogens with zero attached hydrogens (tertiary/aromatic N) is 2. The van der Waals surface area contributed by atoms with Crippen LogP contribution in [0.1, 0.15) is 17.2 Å². The summed E-state index contributed by atoms with van der Waals surface area (Å²) in [6.07, 6.45) is -0.451. The first kappa shape index (κ1) is 16.5. The molecule has 1 fully saturated rings. The lowest BCUT2D eigenvalue weighted by atomic mass is 10.1. The summed E-state index contributed by atoms with van der Waals surface area (Å²) < 4.78 is 0. The van der Waals surface area contributed by atoms with Gasteiger partial charge >= 0.3 is 0 Å². The van der Waals surface area contributed by atoms with Crippen LogP contribution in [0.25, 0.3) is 0 Å². The molecule has 3 nitrogen and oxygen atoms in total. The summed E-state index contributed by atoms with van der Waals surface area (Å²) >= 11 is 5.89. The van der Waals surface area contributed by atoms with Crippen molar-refractivity contribution in [3.05, 3.63) is 70.7 Å². The van der Waals surface area contributed by atoms with Gasteiger partial charge in [-0.15, -0.1) is 0 Å². The smallest absolute Gasteiger partial charge is 0.0916 e. The maximum Gasteiger partial charge on any atom is 0.0916 e. The number of rotatable bonds is 5. The van der Waals surface area contributed by atoms with Gasteiger partial charge in [0.2, 0.25) is 0 Å². The molecule has 122 valence electrons. The molecule has 1 aliphatic rings. The van der Waals surface area contributed by atoms with Crippen LogP contribution in [0.2, 0.25) is 5.02 Å². The molecular weight excluding hydrogens is 308 g/mol. The highest BCUT2D eigenvalue weighted by Gasteiger charge is 2.19. The second kappa shape index (κ2) is 7.93. The van der Waals surface area contributed by atoms with Gasteiger partial charge in [0, 0.05) is 44.3 Å². The van der Waals surface area contributed by atoms with Gasteiger partial charge in [0.15, 0.2) is 0 Å². The number of β-amino-alcohol motifs (C(OH)–C–C–N with tert-alkyl or cyclic N) is 1. The Balaban J connectivity index is 1.46. The number of piperazine rings is 1. The monoisotopic (exact) mass is 330 g/mol. The fourth-order valence-electron chi connectivity index (χ4n) is 3.01. The second-order valence-corrected chi connectivity index (χ2v) is 6.57. The van der Waals surface area contributed by atoms with Crippen molar-refractivity contribution < 1.29 is 5.11 Å². The first-order valence-corrected chi connectivity index (χ1v) is 8.51. The van der Waals surface area contributed by atoms with Crippen LogP contribution >= 0.6 is 11.6 Å². The lowest BCUT2D eigenvalue weighted by Crippen LogP contribution is -2.47. The van der Waals surface area contributed by atoms with Crippen LogP contribution in [0.3, 0.4) is 0 Å². The van der Waals surface area contributed by atoms with E-state index < -0.39 is 6.10 Å². The lowest BCUT2D eigenvalue weighted by molar-refractivity contribution is 0.0701. The molecule has 4 heteroatoms. The molecule has 0 saturated carbocycles.